The van der Waals surface area contributed by atoms with Gasteiger partial charge in [0, 0.05) is 30.5 Å². The molecule has 0 saturated carbocycles. The van der Waals surface area contributed by atoms with Crippen LogP contribution in [-0.4, -0.2) is 92.8 Å². The first-order valence-corrected chi connectivity index (χ1v) is 13.2. The Morgan fingerprint density at radius 2 is 1.85 bits per heavy atom. The molecule has 2 aliphatic rings. The van der Waals surface area contributed by atoms with E-state index < -0.39 is 71.8 Å². The first-order chi connectivity index (χ1) is 19.4. The molecule has 1 unspecified atom stereocenters. The van der Waals surface area contributed by atoms with Crippen LogP contribution < -0.4 is 15.3 Å². The van der Waals surface area contributed by atoms with Crippen molar-refractivity contribution >= 4 is 52.8 Å². The number of aromatic carboxylic acids is 1. The summed E-state index contributed by atoms with van der Waals surface area (Å²) in [7, 11) is -1.77. The Kier molecular flexibility index (Phi) is 8.77. The van der Waals surface area contributed by atoms with Crippen LogP contribution in [0.15, 0.2) is 30.3 Å². The number of rotatable bonds is 7. The number of nitrogens with one attached hydrogen (secondary N) is 2. The molecule has 2 heterocycles. The third-order valence-corrected chi connectivity index (χ3v) is 6.87. The number of imide groups is 1. The number of halogens is 3. The normalized spacial score (nSPS) is 17.5. The van der Waals surface area contributed by atoms with E-state index in [1.807, 2.05) is 0 Å². The maximum absolute atomic E-state index is 14.9. The lowest BCUT2D eigenvalue weighted by Crippen LogP contribution is -2.60. The number of hydrogen-bond acceptors (Lipinski definition) is 8. The van der Waals surface area contributed by atoms with Crippen LogP contribution in [0.1, 0.15) is 27.5 Å². The highest BCUT2D eigenvalue weighted by molar-refractivity contribution is 9.09. The molecule has 2 atom stereocenters. The van der Waals surface area contributed by atoms with Crippen molar-refractivity contribution in [1.29, 1.82) is 0 Å². The molecule has 5 amide bonds. The van der Waals surface area contributed by atoms with Crippen molar-refractivity contribution in [2.24, 2.45) is 0 Å². The van der Waals surface area contributed by atoms with Crippen molar-refractivity contribution in [3.8, 4) is 11.5 Å². The number of hydrogen-bond donors (Lipinski definition) is 5. The largest absolute Gasteiger partial charge is 0.547 e. The van der Waals surface area contributed by atoms with Crippen LogP contribution in [0.5, 0.6) is 11.5 Å². The van der Waals surface area contributed by atoms with E-state index in [0.29, 0.717) is 15.8 Å². The van der Waals surface area contributed by atoms with Crippen molar-refractivity contribution in [2.75, 3.05) is 25.0 Å². The fraction of sp³-hybridized carbons (Fsp3) is 0.292. The number of carbonyl (C=O) groups is 5. The predicted octanol–water partition coefficient (Wildman–Crippen LogP) is 0.325. The number of fused-ring (bicyclic) bond motifs is 1. The lowest BCUT2D eigenvalue weighted by molar-refractivity contribution is -0.153. The number of piperazine rings is 1. The average molecular weight is 639 g/mol. The summed E-state index contributed by atoms with van der Waals surface area (Å²) in [6.45, 7) is -0.0556. The molecule has 0 radical (unpaired) electrons. The summed E-state index contributed by atoms with van der Waals surface area (Å²) >= 11 is 3.15. The number of nitrogens with zero attached hydrogens (tertiary/aromatic N) is 2. The summed E-state index contributed by atoms with van der Waals surface area (Å²) in [5.74, 6) is -10.5. The van der Waals surface area contributed by atoms with Crippen molar-refractivity contribution in [2.45, 2.75) is 18.4 Å². The molecule has 0 bridgehead atoms. The Morgan fingerprint density at radius 1 is 1.12 bits per heavy atom. The Morgan fingerprint density at radius 3 is 2.54 bits per heavy atom. The fourth-order valence-corrected chi connectivity index (χ4v) is 4.86. The second-order valence-corrected chi connectivity index (χ2v) is 9.84. The predicted molar refractivity (Wildman–Crippen MR) is 139 cm³/mol. The Balaban J connectivity index is 1.60. The van der Waals surface area contributed by atoms with Crippen molar-refractivity contribution in [1.82, 2.24) is 20.4 Å². The summed E-state index contributed by atoms with van der Waals surface area (Å²) in [4.78, 5) is 64.5. The minimum atomic E-state index is -2.01. The monoisotopic (exact) mass is 638 g/mol. The molecule has 17 heteroatoms. The number of urea groups is 1. The summed E-state index contributed by atoms with van der Waals surface area (Å²) in [5.41, 5.74) is -0.649. The first-order valence-electron chi connectivity index (χ1n) is 12.1. The van der Waals surface area contributed by atoms with E-state index in [1.54, 1.807) is 0 Å². The molecule has 1 saturated heterocycles. The van der Waals surface area contributed by atoms with E-state index in [4.69, 9.17) is 4.65 Å². The zero-order valence-corrected chi connectivity index (χ0v) is 22.6. The van der Waals surface area contributed by atoms with E-state index in [1.165, 1.54) is 23.1 Å². The number of phenols is 1. The summed E-state index contributed by atoms with van der Waals surface area (Å²) in [6, 6.07) is 2.49. The zero-order valence-electron chi connectivity index (χ0n) is 21.0. The van der Waals surface area contributed by atoms with Crippen LogP contribution in [0.2, 0.25) is 0 Å². The Labute approximate surface area is 239 Å². The number of benzene rings is 2. The Bertz CT molecular complexity index is 1430. The van der Waals surface area contributed by atoms with Gasteiger partial charge < -0.3 is 35.4 Å². The van der Waals surface area contributed by atoms with Crippen LogP contribution in [0.3, 0.4) is 0 Å². The minimum absolute atomic E-state index is 0.00794. The van der Waals surface area contributed by atoms with Crippen LogP contribution in [0.4, 0.5) is 13.6 Å². The van der Waals surface area contributed by atoms with Gasteiger partial charge in [0.1, 0.15) is 11.8 Å². The summed E-state index contributed by atoms with van der Waals surface area (Å²) in [6.07, 6.45) is -0.140. The standard InChI is InChI=1S/C24H22BBrF2N4O9/c26-6-7-31-8-9-32(22(36)21(31)35)24(39)30-18(12-4-5-14(33)17(28)16(12)27)20(34)29-15-10-11-2-1-3-13(23(37)38)19(11)41-25(15)40/h1-5,15,18,33,40H,6-10H2,(H,29,34)(H,30,39)(H,37,38)/t15-,18?/m0/s1. The number of aromatic hydroxyl groups is 1. The van der Waals surface area contributed by atoms with Crippen molar-refractivity contribution < 1.29 is 52.6 Å². The van der Waals surface area contributed by atoms with Gasteiger partial charge in [0.15, 0.2) is 11.6 Å². The van der Waals surface area contributed by atoms with Gasteiger partial charge in [-0.1, -0.05) is 28.1 Å². The molecule has 13 nitrogen and oxygen atoms in total. The quantitative estimate of drug-likeness (QED) is 0.162. The molecule has 4 rings (SSSR count). The van der Waals surface area contributed by atoms with Crippen LogP contribution >= 0.6 is 15.9 Å². The maximum atomic E-state index is 14.9. The van der Waals surface area contributed by atoms with E-state index in [9.17, 15) is 48.0 Å². The van der Waals surface area contributed by atoms with E-state index in [-0.39, 0.29) is 37.4 Å². The molecule has 41 heavy (non-hydrogen) atoms. The molecule has 2 aromatic carbocycles. The Hall–Kier alpha value is -4.25. The van der Waals surface area contributed by atoms with Gasteiger partial charge in [-0.05, 0) is 30.2 Å². The summed E-state index contributed by atoms with van der Waals surface area (Å²) in [5, 5.41) is 34.2. The zero-order chi connectivity index (χ0) is 30.0. The molecule has 0 aliphatic carbocycles. The molecule has 5 N–H and O–H groups in total. The minimum Gasteiger partial charge on any atom is -0.534 e. The highest BCUT2D eigenvalue weighted by Gasteiger charge is 2.41. The third kappa shape index (κ3) is 5.95. The maximum Gasteiger partial charge on any atom is 0.547 e. The molecule has 0 aromatic heterocycles. The van der Waals surface area contributed by atoms with Gasteiger partial charge in [0.25, 0.3) is 0 Å². The lowest BCUT2D eigenvalue weighted by Gasteiger charge is -2.33. The van der Waals surface area contributed by atoms with E-state index in [0.717, 1.165) is 12.1 Å². The van der Waals surface area contributed by atoms with Gasteiger partial charge in [-0.2, -0.15) is 4.39 Å². The third-order valence-electron chi connectivity index (χ3n) is 6.52. The van der Waals surface area contributed by atoms with Gasteiger partial charge in [-0.3, -0.25) is 19.3 Å². The molecule has 0 spiro atoms. The topological polar surface area (TPSA) is 186 Å². The number of carboxylic acid groups (broad SMARTS) is 1. The smallest absolute Gasteiger partial charge is 0.534 e. The van der Waals surface area contributed by atoms with E-state index in [2.05, 4.69) is 26.6 Å². The average Bonchev–Trinajstić information content (AvgIpc) is 2.93. The first kappa shape index (κ1) is 29.7. The highest BCUT2D eigenvalue weighted by Crippen LogP contribution is 2.31. The highest BCUT2D eigenvalue weighted by atomic mass is 79.9. The van der Waals surface area contributed by atoms with E-state index >= 15 is 0 Å². The molecule has 1 fully saturated rings. The second kappa shape index (κ2) is 12.1. The van der Waals surface area contributed by atoms with Gasteiger partial charge in [-0.15, -0.1) is 0 Å². The number of phenolic OH excluding ortho intramolecular Hbond substituents is 1. The van der Waals surface area contributed by atoms with Crippen molar-refractivity contribution in [3.63, 3.8) is 0 Å². The van der Waals surface area contributed by atoms with Gasteiger partial charge in [0.05, 0.1) is 11.5 Å². The van der Waals surface area contributed by atoms with Crippen LogP contribution in [-0.2, 0) is 20.8 Å². The second-order valence-electron chi connectivity index (χ2n) is 9.05. The number of carbonyl (C=O) groups excluding carboxylic acids is 4. The molecular weight excluding hydrogens is 617 g/mol. The molecule has 2 aromatic rings. The number of para-hydroxylation sites is 1. The number of carboxylic acids is 1. The SMILES string of the molecule is O=C(O)c1cccc2c1OB(O)[C@@H](NC(=O)C(NC(=O)N1CCN(CCBr)C(=O)C1=O)c1ccc(O)c(F)c1F)C2. The van der Waals surface area contributed by atoms with Crippen LogP contribution in [0, 0.1) is 11.6 Å². The number of alkyl halides is 1. The molecular formula is C24H22BBrF2N4O9. The van der Waals surface area contributed by atoms with Gasteiger partial charge >= 0.3 is 30.9 Å². The summed E-state index contributed by atoms with van der Waals surface area (Å²) < 4.78 is 34.4. The molecule has 2 aliphatic heterocycles. The van der Waals surface area contributed by atoms with Gasteiger partial charge in [0.2, 0.25) is 11.7 Å². The molecule has 216 valence electrons. The fourth-order valence-electron chi connectivity index (χ4n) is 4.43. The van der Waals surface area contributed by atoms with Crippen molar-refractivity contribution in [3.05, 3.63) is 58.7 Å². The lowest BCUT2D eigenvalue weighted by atomic mass is 9.72. The number of amides is 5. The van der Waals surface area contributed by atoms with Gasteiger partial charge in [-0.25, -0.2) is 14.0 Å². The van der Waals surface area contributed by atoms with Crippen LogP contribution in [0.25, 0.3) is 0 Å².